The molecule has 3 nitrogen and oxygen atoms in total. The third-order valence-corrected chi connectivity index (χ3v) is 5.59. The first-order valence-electron chi connectivity index (χ1n) is 10.3. The summed E-state index contributed by atoms with van der Waals surface area (Å²) in [5.41, 5.74) is 3.74. The number of nitrogens with one attached hydrogen (secondary N) is 1. The van der Waals surface area contributed by atoms with Gasteiger partial charge in [0.2, 0.25) is 0 Å². The normalized spacial score (nSPS) is 19.3. The molecule has 1 aliphatic carbocycles. The predicted octanol–water partition coefficient (Wildman–Crippen LogP) is 5.48. The summed E-state index contributed by atoms with van der Waals surface area (Å²) in [5, 5.41) is 3.71. The number of benzene rings is 2. The van der Waals surface area contributed by atoms with Crippen LogP contribution in [0.15, 0.2) is 79.0 Å². The molecular weight excluding hydrogens is 344 g/mol. The Morgan fingerprint density at radius 2 is 1.46 bits per heavy atom. The maximum absolute atomic E-state index is 5.85. The largest absolute Gasteiger partial charge is 0.487 e. The fraction of sp³-hybridized carbons (Fsp3) is 0.320. The molecular formula is C25H28N2O. The molecule has 3 aromatic rings. The van der Waals surface area contributed by atoms with Crippen LogP contribution in [0.5, 0.6) is 5.75 Å². The Morgan fingerprint density at radius 3 is 2.11 bits per heavy atom. The number of nitrogens with zero attached hydrogens (tertiary/aromatic N) is 1. The van der Waals surface area contributed by atoms with E-state index in [1.54, 1.807) is 0 Å². The van der Waals surface area contributed by atoms with Gasteiger partial charge in [-0.1, -0.05) is 60.7 Å². The highest BCUT2D eigenvalue weighted by Crippen LogP contribution is 2.32. The van der Waals surface area contributed by atoms with E-state index in [0.717, 1.165) is 12.3 Å². The van der Waals surface area contributed by atoms with Gasteiger partial charge in [0.1, 0.15) is 12.4 Å². The van der Waals surface area contributed by atoms with Crippen LogP contribution in [-0.2, 0) is 13.2 Å². The van der Waals surface area contributed by atoms with Gasteiger partial charge in [0, 0.05) is 24.2 Å². The number of rotatable bonds is 7. The minimum Gasteiger partial charge on any atom is -0.487 e. The van der Waals surface area contributed by atoms with Crippen LogP contribution in [0.1, 0.15) is 48.4 Å². The average Bonchev–Trinajstić information content (AvgIpc) is 2.78. The Morgan fingerprint density at radius 1 is 0.786 bits per heavy atom. The molecule has 0 aliphatic heterocycles. The fourth-order valence-electron chi connectivity index (χ4n) is 3.91. The Labute approximate surface area is 167 Å². The average molecular weight is 373 g/mol. The molecule has 1 aromatic heterocycles. The number of pyridine rings is 1. The lowest BCUT2D eigenvalue weighted by Crippen LogP contribution is -2.32. The van der Waals surface area contributed by atoms with Crippen LogP contribution >= 0.6 is 0 Å². The van der Waals surface area contributed by atoms with Crippen molar-refractivity contribution in [1.29, 1.82) is 0 Å². The summed E-state index contributed by atoms with van der Waals surface area (Å²) in [6, 6.07) is 25.7. The molecule has 1 aliphatic rings. The molecule has 2 aromatic carbocycles. The van der Waals surface area contributed by atoms with Crippen LogP contribution in [0.25, 0.3) is 0 Å². The van der Waals surface area contributed by atoms with Crippen LogP contribution in [-0.4, -0.2) is 11.0 Å². The summed E-state index contributed by atoms with van der Waals surface area (Å²) in [5.74, 6) is 1.41. The standard InChI is InChI=1S/C25H28N2O/c1-3-7-20(8-4-1)17-26-23-13-11-22(12-14-23)25-16-15-24(18-27-25)28-19-21-9-5-2-6-10-21/h1-10,15-16,18,22-23,26H,11-14,17,19H2/t22-,23-. The van der Waals surface area contributed by atoms with Gasteiger partial charge in [-0.3, -0.25) is 4.98 Å². The lowest BCUT2D eigenvalue weighted by Gasteiger charge is -2.29. The van der Waals surface area contributed by atoms with Gasteiger partial charge in [-0.2, -0.15) is 0 Å². The Bertz CT molecular complexity index is 825. The summed E-state index contributed by atoms with van der Waals surface area (Å²) in [7, 11) is 0. The highest BCUT2D eigenvalue weighted by molar-refractivity contribution is 5.23. The van der Waals surface area contributed by atoms with E-state index < -0.39 is 0 Å². The number of hydrogen-bond donors (Lipinski definition) is 1. The summed E-state index contributed by atoms with van der Waals surface area (Å²) in [6.45, 7) is 1.54. The van der Waals surface area contributed by atoms with Crippen molar-refractivity contribution in [2.45, 2.75) is 50.8 Å². The quantitative estimate of drug-likeness (QED) is 0.596. The molecule has 0 bridgehead atoms. The first-order valence-corrected chi connectivity index (χ1v) is 10.3. The van der Waals surface area contributed by atoms with E-state index in [-0.39, 0.29) is 0 Å². The first kappa shape index (κ1) is 18.7. The minimum atomic E-state index is 0.568. The Kier molecular flexibility index (Phi) is 6.36. The maximum Gasteiger partial charge on any atom is 0.138 e. The van der Waals surface area contributed by atoms with Crippen molar-refractivity contribution in [1.82, 2.24) is 10.3 Å². The second-order valence-corrected chi connectivity index (χ2v) is 7.61. The van der Waals surface area contributed by atoms with Crippen molar-refractivity contribution < 1.29 is 4.74 Å². The summed E-state index contributed by atoms with van der Waals surface area (Å²) in [6.07, 6.45) is 6.70. The zero-order chi connectivity index (χ0) is 19.0. The molecule has 0 amide bonds. The Hall–Kier alpha value is -2.65. The van der Waals surface area contributed by atoms with E-state index >= 15 is 0 Å². The highest BCUT2D eigenvalue weighted by Gasteiger charge is 2.22. The van der Waals surface area contributed by atoms with Crippen molar-refractivity contribution in [2.75, 3.05) is 0 Å². The number of aromatic nitrogens is 1. The zero-order valence-corrected chi connectivity index (χ0v) is 16.3. The van der Waals surface area contributed by atoms with Gasteiger partial charge in [-0.05, 0) is 48.9 Å². The first-order chi connectivity index (χ1) is 13.9. The van der Waals surface area contributed by atoms with E-state index in [9.17, 15) is 0 Å². The molecule has 1 heterocycles. The fourth-order valence-corrected chi connectivity index (χ4v) is 3.91. The molecule has 28 heavy (non-hydrogen) atoms. The second kappa shape index (κ2) is 9.52. The SMILES string of the molecule is c1ccc(CN[C@H]2CC[C@H](c3ccc(OCc4ccccc4)cn3)CC2)cc1. The van der Waals surface area contributed by atoms with Crippen molar-refractivity contribution in [3.05, 3.63) is 95.8 Å². The summed E-state index contributed by atoms with van der Waals surface area (Å²) in [4.78, 5) is 4.69. The van der Waals surface area contributed by atoms with Gasteiger partial charge in [0.15, 0.2) is 0 Å². The van der Waals surface area contributed by atoms with Crippen molar-refractivity contribution >= 4 is 0 Å². The van der Waals surface area contributed by atoms with E-state index in [0.29, 0.717) is 18.6 Å². The molecule has 1 fully saturated rings. The molecule has 3 heteroatoms. The molecule has 4 rings (SSSR count). The lowest BCUT2D eigenvalue weighted by molar-refractivity contribution is 0.303. The van der Waals surface area contributed by atoms with E-state index in [4.69, 9.17) is 4.74 Å². The molecule has 0 spiro atoms. The van der Waals surface area contributed by atoms with E-state index in [2.05, 4.69) is 64.9 Å². The second-order valence-electron chi connectivity index (χ2n) is 7.61. The third-order valence-electron chi connectivity index (χ3n) is 5.59. The molecule has 0 atom stereocenters. The van der Waals surface area contributed by atoms with E-state index in [1.807, 2.05) is 24.4 Å². The van der Waals surface area contributed by atoms with Crippen molar-refractivity contribution in [2.24, 2.45) is 0 Å². The summed E-state index contributed by atoms with van der Waals surface area (Å²) >= 11 is 0. The molecule has 0 unspecified atom stereocenters. The topological polar surface area (TPSA) is 34.1 Å². The van der Waals surface area contributed by atoms with Gasteiger partial charge < -0.3 is 10.1 Å². The van der Waals surface area contributed by atoms with Crippen LogP contribution < -0.4 is 10.1 Å². The van der Waals surface area contributed by atoms with Crippen LogP contribution in [0.2, 0.25) is 0 Å². The van der Waals surface area contributed by atoms with E-state index in [1.165, 1.54) is 42.5 Å². The van der Waals surface area contributed by atoms with Crippen LogP contribution in [0.4, 0.5) is 0 Å². The molecule has 0 saturated heterocycles. The highest BCUT2D eigenvalue weighted by atomic mass is 16.5. The van der Waals surface area contributed by atoms with Crippen molar-refractivity contribution in [3.8, 4) is 5.75 Å². The van der Waals surface area contributed by atoms with Crippen molar-refractivity contribution in [3.63, 3.8) is 0 Å². The van der Waals surface area contributed by atoms with Gasteiger partial charge >= 0.3 is 0 Å². The number of ether oxygens (including phenoxy) is 1. The smallest absolute Gasteiger partial charge is 0.138 e. The zero-order valence-electron chi connectivity index (χ0n) is 16.3. The van der Waals surface area contributed by atoms with Gasteiger partial charge in [-0.25, -0.2) is 0 Å². The minimum absolute atomic E-state index is 0.568. The predicted molar refractivity (Wildman–Crippen MR) is 113 cm³/mol. The van der Waals surface area contributed by atoms with Gasteiger partial charge in [0.05, 0.1) is 6.20 Å². The van der Waals surface area contributed by atoms with Gasteiger partial charge in [-0.15, -0.1) is 0 Å². The van der Waals surface area contributed by atoms with Crippen LogP contribution in [0, 0.1) is 0 Å². The summed E-state index contributed by atoms with van der Waals surface area (Å²) < 4.78 is 5.85. The third kappa shape index (κ3) is 5.20. The molecule has 144 valence electrons. The molecule has 1 saturated carbocycles. The van der Waals surface area contributed by atoms with Gasteiger partial charge in [0.25, 0.3) is 0 Å². The Balaban J connectivity index is 1.23. The monoisotopic (exact) mass is 372 g/mol. The molecule has 1 N–H and O–H groups in total. The lowest BCUT2D eigenvalue weighted by atomic mass is 9.84. The number of hydrogen-bond acceptors (Lipinski definition) is 3. The maximum atomic E-state index is 5.85. The van der Waals surface area contributed by atoms with Crippen LogP contribution in [0.3, 0.4) is 0 Å². The molecule has 0 radical (unpaired) electrons.